The molecule has 1 aromatic rings. The van der Waals surface area contributed by atoms with Crippen LogP contribution in [0, 0.1) is 5.82 Å². The fraction of sp³-hybridized carbons (Fsp3) is 0.632. The number of halogens is 1. The largest absolute Gasteiger partial charge is 0.299 e. The Bertz CT molecular complexity index is 383. The van der Waals surface area contributed by atoms with Crippen LogP contribution < -0.4 is 0 Å². The van der Waals surface area contributed by atoms with Crippen molar-refractivity contribution in [2.24, 2.45) is 0 Å². The summed E-state index contributed by atoms with van der Waals surface area (Å²) in [5.41, 5.74) is 0.914. The van der Waals surface area contributed by atoms with Gasteiger partial charge in [-0.25, -0.2) is 4.39 Å². The molecule has 0 aromatic heterocycles. The summed E-state index contributed by atoms with van der Waals surface area (Å²) in [5, 5.41) is 0. The van der Waals surface area contributed by atoms with Crippen molar-refractivity contribution in [2.45, 2.75) is 77.6 Å². The summed E-state index contributed by atoms with van der Waals surface area (Å²) < 4.78 is 12.8. The van der Waals surface area contributed by atoms with Crippen LogP contribution >= 0.6 is 0 Å². The van der Waals surface area contributed by atoms with Crippen LogP contribution in [0.3, 0.4) is 0 Å². The number of carbonyl (C=O) groups excluding carboxylic acids is 1. The summed E-state index contributed by atoms with van der Waals surface area (Å²) in [7, 11) is 0. The zero-order valence-electron chi connectivity index (χ0n) is 13.4. The monoisotopic (exact) mass is 292 g/mol. The Labute approximate surface area is 129 Å². The Balaban J connectivity index is 1.97. The molecule has 118 valence electrons. The lowest BCUT2D eigenvalue weighted by molar-refractivity contribution is -0.118. The fourth-order valence-corrected chi connectivity index (χ4v) is 2.55. The van der Waals surface area contributed by atoms with E-state index in [1.807, 2.05) is 0 Å². The van der Waals surface area contributed by atoms with Crippen molar-refractivity contribution in [1.29, 1.82) is 0 Å². The minimum atomic E-state index is -0.245. The molecule has 1 rings (SSSR count). The number of ketones is 1. The molecule has 0 bridgehead atoms. The second kappa shape index (κ2) is 11.5. The summed E-state index contributed by atoms with van der Waals surface area (Å²) in [6.07, 6.45) is 12.5. The maximum Gasteiger partial charge on any atom is 0.137 e. The highest BCUT2D eigenvalue weighted by atomic mass is 19.1. The maximum absolute atomic E-state index is 12.8. The van der Waals surface area contributed by atoms with Crippen LogP contribution in [0.2, 0.25) is 0 Å². The second-order valence-corrected chi connectivity index (χ2v) is 5.92. The second-order valence-electron chi connectivity index (χ2n) is 5.92. The summed E-state index contributed by atoms with van der Waals surface area (Å²) in [4.78, 5) is 11.8. The van der Waals surface area contributed by atoms with Gasteiger partial charge in [-0.1, -0.05) is 70.4 Å². The van der Waals surface area contributed by atoms with Crippen molar-refractivity contribution in [2.75, 3.05) is 0 Å². The zero-order chi connectivity index (χ0) is 15.3. The number of hydrogen-bond acceptors (Lipinski definition) is 1. The highest BCUT2D eigenvalue weighted by Gasteiger charge is 2.04. The molecule has 1 aromatic carbocycles. The van der Waals surface area contributed by atoms with E-state index in [9.17, 15) is 9.18 Å². The molecule has 0 heterocycles. The van der Waals surface area contributed by atoms with E-state index >= 15 is 0 Å². The lowest BCUT2D eigenvalue weighted by Crippen LogP contribution is -2.02. The average Bonchev–Trinajstić information content (AvgIpc) is 2.48. The predicted octanol–water partition coefficient (Wildman–Crippen LogP) is 5.86. The topological polar surface area (TPSA) is 17.1 Å². The van der Waals surface area contributed by atoms with E-state index in [1.165, 1.54) is 57.1 Å². The van der Waals surface area contributed by atoms with Gasteiger partial charge in [0.05, 0.1) is 0 Å². The first-order valence-electron chi connectivity index (χ1n) is 8.48. The molecule has 0 unspecified atom stereocenters. The van der Waals surface area contributed by atoms with Gasteiger partial charge in [-0.05, 0) is 24.1 Å². The van der Waals surface area contributed by atoms with Crippen LogP contribution in [0.5, 0.6) is 0 Å². The van der Waals surface area contributed by atoms with Gasteiger partial charge in [0, 0.05) is 12.8 Å². The van der Waals surface area contributed by atoms with Crippen LogP contribution in [0.15, 0.2) is 24.3 Å². The third-order valence-corrected chi connectivity index (χ3v) is 3.87. The molecule has 0 spiro atoms. The smallest absolute Gasteiger partial charge is 0.137 e. The van der Waals surface area contributed by atoms with Crippen LogP contribution in [0.1, 0.15) is 76.7 Å². The molecule has 0 saturated carbocycles. The van der Waals surface area contributed by atoms with E-state index in [1.54, 1.807) is 12.1 Å². The first-order valence-corrected chi connectivity index (χ1v) is 8.48. The Hall–Kier alpha value is -1.18. The first-order chi connectivity index (χ1) is 10.2. The lowest BCUT2D eigenvalue weighted by Gasteiger charge is -2.03. The van der Waals surface area contributed by atoms with Gasteiger partial charge in [-0.2, -0.15) is 0 Å². The van der Waals surface area contributed by atoms with Crippen molar-refractivity contribution >= 4 is 5.78 Å². The van der Waals surface area contributed by atoms with Crippen LogP contribution in [-0.4, -0.2) is 5.78 Å². The minimum absolute atomic E-state index is 0.245. The first kappa shape index (κ1) is 17.9. The van der Waals surface area contributed by atoms with Gasteiger partial charge in [-0.3, -0.25) is 4.79 Å². The molecule has 2 heteroatoms. The normalized spacial score (nSPS) is 10.8. The minimum Gasteiger partial charge on any atom is -0.299 e. The van der Waals surface area contributed by atoms with Crippen molar-refractivity contribution < 1.29 is 9.18 Å². The molecule has 0 atom stereocenters. The van der Waals surface area contributed by atoms with Gasteiger partial charge in [-0.15, -0.1) is 0 Å². The Morgan fingerprint density at radius 1 is 0.857 bits per heavy atom. The molecule has 1 nitrogen and oxygen atoms in total. The highest BCUT2D eigenvalue weighted by Crippen LogP contribution is 2.12. The fourth-order valence-electron chi connectivity index (χ4n) is 2.55. The van der Waals surface area contributed by atoms with E-state index in [-0.39, 0.29) is 11.6 Å². The predicted molar refractivity (Wildman–Crippen MR) is 87.0 cm³/mol. The van der Waals surface area contributed by atoms with Crippen molar-refractivity contribution in [3.05, 3.63) is 35.6 Å². The van der Waals surface area contributed by atoms with E-state index in [0.717, 1.165) is 18.4 Å². The van der Waals surface area contributed by atoms with Crippen LogP contribution in [-0.2, 0) is 11.2 Å². The molecular formula is C19H29FO. The standard InChI is InChI=1S/C19H29FO/c1-2-3-4-5-6-7-8-9-10-11-19(21)16-17-12-14-18(20)15-13-17/h12-15H,2-11,16H2,1H3. The Morgan fingerprint density at radius 3 is 1.95 bits per heavy atom. The van der Waals surface area contributed by atoms with Gasteiger partial charge in [0.25, 0.3) is 0 Å². The van der Waals surface area contributed by atoms with Crippen LogP contribution in [0.25, 0.3) is 0 Å². The van der Waals surface area contributed by atoms with Gasteiger partial charge in [0.2, 0.25) is 0 Å². The number of benzene rings is 1. The third kappa shape index (κ3) is 9.38. The Kier molecular flexibility index (Phi) is 9.77. The van der Waals surface area contributed by atoms with E-state index in [2.05, 4.69) is 6.92 Å². The number of unbranched alkanes of at least 4 members (excludes halogenated alkanes) is 8. The van der Waals surface area contributed by atoms with Gasteiger partial charge < -0.3 is 0 Å². The molecule has 0 fully saturated rings. The Morgan fingerprint density at radius 2 is 1.38 bits per heavy atom. The summed E-state index contributed by atoms with van der Waals surface area (Å²) in [5.74, 6) is 0.0229. The lowest BCUT2D eigenvalue weighted by atomic mass is 10.0. The molecule has 0 aliphatic rings. The van der Waals surface area contributed by atoms with Gasteiger partial charge in [0.1, 0.15) is 11.6 Å². The van der Waals surface area contributed by atoms with Crippen molar-refractivity contribution in [3.8, 4) is 0 Å². The summed E-state index contributed by atoms with van der Waals surface area (Å²) >= 11 is 0. The zero-order valence-corrected chi connectivity index (χ0v) is 13.4. The highest BCUT2D eigenvalue weighted by molar-refractivity contribution is 5.80. The van der Waals surface area contributed by atoms with E-state index in [0.29, 0.717) is 12.8 Å². The summed E-state index contributed by atoms with van der Waals surface area (Å²) in [6.45, 7) is 2.24. The molecule has 0 amide bonds. The van der Waals surface area contributed by atoms with Gasteiger partial charge >= 0.3 is 0 Å². The number of Topliss-reactive ketones (excluding diaryl/α,β-unsaturated/α-hetero) is 1. The van der Waals surface area contributed by atoms with Crippen molar-refractivity contribution in [3.63, 3.8) is 0 Å². The molecule has 0 aliphatic carbocycles. The maximum atomic E-state index is 12.8. The molecule has 0 saturated heterocycles. The average molecular weight is 292 g/mol. The number of hydrogen-bond donors (Lipinski definition) is 0. The molecule has 0 N–H and O–H groups in total. The number of carbonyl (C=O) groups is 1. The molecule has 21 heavy (non-hydrogen) atoms. The van der Waals surface area contributed by atoms with E-state index < -0.39 is 0 Å². The van der Waals surface area contributed by atoms with Crippen LogP contribution in [0.4, 0.5) is 4.39 Å². The summed E-state index contributed by atoms with van der Waals surface area (Å²) in [6, 6.07) is 6.23. The third-order valence-electron chi connectivity index (χ3n) is 3.87. The molecular weight excluding hydrogens is 263 g/mol. The number of rotatable bonds is 12. The van der Waals surface area contributed by atoms with Crippen molar-refractivity contribution in [1.82, 2.24) is 0 Å². The molecule has 0 radical (unpaired) electrons. The van der Waals surface area contributed by atoms with Gasteiger partial charge in [0.15, 0.2) is 0 Å². The SMILES string of the molecule is CCCCCCCCCCCC(=O)Cc1ccc(F)cc1. The van der Waals surface area contributed by atoms with E-state index in [4.69, 9.17) is 0 Å². The molecule has 0 aliphatic heterocycles. The quantitative estimate of drug-likeness (QED) is 0.441.